The summed E-state index contributed by atoms with van der Waals surface area (Å²) in [5, 5.41) is 5.15. The molecule has 0 aliphatic heterocycles. The van der Waals surface area contributed by atoms with Crippen molar-refractivity contribution in [3.8, 4) is 22.4 Å². The van der Waals surface area contributed by atoms with Gasteiger partial charge in [-0.1, -0.05) is 68.6 Å². The molecule has 0 radical (unpaired) electrons. The highest BCUT2D eigenvalue weighted by atomic mass is 79.9. The van der Waals surface area contributed by atoms with Crippen molar-refractivity contribution in [1.82, 2.24) is 5.16 Å². The van der Waals surface area contributed by atoms with Crippen molar-refractivity contribution in [3.63, 3.8) is 0 Å². The van der Waals surface area contributed by atoms with E-state index >= 15 is 0 Å². The highest BCUT2D eigenvalue weighted by molar-refractivity contribution is 9.10. The third-order valence-electron chi connectivity index (χ3n) is 3.05. The normalized spacial score (nSPS) is 10.8. The summed E-state index contributed by atoms with van der Waals surface area (Å²) in [7, 11) is 0. The maximum atomic E-state index is 6.29. The molecule has 0 fully saturated rings. The maximum absolute atomic E-state index is 6.29. The summed E-state index contributed by atoms with van der Waals surface area (Å²) in [5.74, 6) is 0.206. The lowest BCUT2D eigenvalue weighted by Gasteiger charge is -2.06. The molecule has 0 aliphatic carbocycles. The van der Waals surface area contributed by atoms with Crippen molar-refractivity contribution >= 4 is 45.0 Å². The van der Waals surface area contributed by atoms with Crippen LogP contribution in [0.25, 0.3) is 22.4 Å². The number of aromatic nitrogens is 1. The second-order valence-electron chi connectivity index (χ2n) is 4.37. The molecule has 106 valence electrons. The smallest absolute Gasteiger partial charge is 0.230 e. The molecular formula is C15H9BrCl2N2O. The van der Waals surface area contributed by atoms with Crippen LogP contribution in [-0.2, 0) is 0 Å². The second kappa shape index (κ2) is 5.72. The first kappa shape index (κ1) is 14.4. The van der Waals surface area contributed by atoms with Crippen LogP contribution in [0.1, 0.15) is 0 Å². The van der Waals surface area contributed by atoms with Crippen LogP contribution in [0.3, 0.4) is 0 Å². The van der Waals surface area contributed by atoms with Crippen molar-refractivity contribution in [2.45, 2.75) is 0 Å². The minimum Gasteiger partial charge on any atom is -0.367 e. The van der Waals surface area contributed by atoms with Crippen molar-refractivity contribution in [3.05, 3.63) is 57.0 Å². The number of nitrogens with two attached hydrogens (primary N) is 1. The first-order valence-corrected chi connectivity index (χ1v) is 7.58. The Morgan fingerprint density at radius 3 is 2.48 bits per heavy atom. The molecule has 0 amide bonds. The van der Waals surface area contributed by atoms with E-state index in [1.54, 1.807) is 12.1 Å². The lowest BCUT2D eigenvalue weighted by Crippen LogP contribution is -1.89. The van der Waals surface area contributed by atoms with E-state index in [-0.39, 0.29) is 5.88 Å². The Morgan fingerprint density at radius 2 is 1.76 bits per heavy atom. The number of hydrogen-bond acceptors (Lipinski definition) is 3. The molecule has 1 heterocycles. The zero-order chi connectivity index (χ0) is 15.0. The first-order valence-electron chi connectivity index (χ1n) is 6.03. The number of halogens is 3. The van der Waals surface area contributed by atoms with Gasteiger partial charge < -0.3 is 10.3 Å². The topological polar surface area (TPSA) is 52.0 Å². The van der Waals surface area contributed by atoms with Gasteiger partial charge in [-0.3, -0.25) is 0 Å². The van der Waals surface area contributed by atoms with Crippen molar-refractivity contribution in [1.29, 1.82) is 0 Å². The molecule has 1 aromatic heterocycles. The predicted molar refractivity (Wildman–Crippen MR) is 89.5 cm³/mol. The largest absolute Gasteiger partial charge is 0.367 e. The summed E-state index contributed by atoms with van der Waals surface area (Å²) in [6, 6.07) is 12.9. The molecule has 2 N–H and O–H groups in total. The number of benzene rings is 2. The van der Waals surface area contributed by atoms with Crippen LogP contribution in [0.4, 0.5) is 5.88 Å². The van der Waals surface area contributed by atoms with Gasteiger partial charge in [-0.15, -0.1) is 0 Å². The monoisotopic (exact) mass is 382 g/mol. The fraction of sp³-hybridized carbons (Fsp3) is 0. The van der Waals surface area contributed by atoms with E-state index in [1.165, 1.54) is 0 Å². The third kappa shape index (κ3) is 2.67. The number of nitrogen functional groups attached to an aromatic ring is 1. The zero-order valence-electron chi connectivity index (χ0n) is 10.6. The van der Waals surface area contributed by atoms with Crippen LogP contribution < -0.4 is 5.73 Å². The molecule has 21 heavy (non-hydrogen) atoms. The Morgan fingerprint density at radius 1 is 1.00 bits per heavy atom. The molecule has 3 nitrogen and oxygen atoms in total. The molecule has 3 rings (SSSR count). The zero-order valence-corrected chi connectivity index (χ0v) is 13.7. The van der Waals surface area contributed by atoms with E-state index in [4.69, 9.17) is 33.5 Å². The van der Waals surface area contributed by atoms with Gasteiger partial charge in [0.05, 0.1) is 10.6 Å². The molecule has 0 unspecified atom stereocenters. The van der Waals surface area contributed by atoms with E-state index in [2.05, 4.69) is 21.1 Å². The van der Waals surface area contributed by atoms with Crippen LogP contribution in [0.5, 0.6) is 0 Å². The average Bonchev–Trinajstić information content (AvgIpc) is 2.81. The van der Waals surface area contributed by atoms with E-state index < -0.39 is 0 Å². The van der Waals surface area contributed by atoms with Gasteiger partial charge in [0.1, 0.15) is 5.69 Å². The van der Waals surface area contributed by atoms with Gasteiger partial charge in [0, 0.05) is 20.6 Å². The summed E-state index contributed by atoms with van der Waals surface area (Å²) in [6.45, 7) is 0. The number of rotatable bonds is 2. The van der Waals surface area contributed by atoms with Crippen molar-refractivity contribution < 1.29 is 4.52 Å². The van der Waals surface area contributed by atoms with E-state index in [0.29, 0.717) is 21.3 Å². The minimum absolute atomic E-state index is 0.206. The van der Waals surface area contributed by atoms with Gasteiger partial charge in [-0.2, -0.15) is 0 Å². The average molecular weight is 384 g/mol. The van der Waals surface area contributed by atoms with Crippen LogP contribution in [0.2, 0.25) is 10.0 Å². The molecule has 0 spiro atoms. The minimum atomic E-state index is 0.206. The third-order valence-corrected chi connectivity index (χ3v) is 4.18. The summed E-state index contributed by atoms with van der Waals surface area (Å²) in [6.07, 6.45) is 0. The Labute approximate surface area is 139 Å². The maximum Gasteiger partial charge on any atom is 0.230 e. The van der Waals surface area contributed by atoms with Crippen molar-refractivity contribution in [2.75, 3.05) is 5.73 Å². The molecule has 6 heteroatoms. The van der Waals surface area contributed by atoms with Gasteiger partial charge in [-0.05, 0) is 18.2 Å². The Hall–Kier alpha value is -1.49. The fourth-order valence-electron chi connectivity index (χ4n) is 2.09. The predicted octanol–water partition coefficient (Wildman–Crippen LogP) is 5.66. The number of hydrogen-bond donors (Lipinski definition) is 1. The summed E-state index contributed by atoms with van der Waals surface area (Å²) >= 11 is 15.9. The van der Waals surface area contributed by atoms with Gasteiger partial charge in [-0.25, -0.2) is 0 Å². The van der Waals surface area contributed by atoms with Gasteiger partial charge >= 0.3 is 0 Å². The standard InChI is InChI=1S/C15H9BrCl2N2O/c16-8-5-6-10(12(18)7-8)14-13(15(19)21-20-14)9-3-1-2-4-11(9)17/h1-7H,19H2. The van der Waals surface area contributed by atoms with Gasteiger partial charge in [0.25, 0.3) is 0 Å². The highest BCUT2D eigenvalue weighted by Gasteiger charge is 2.21. The summed E-state index contributed by atoms with van der Waals surface area (Å²) < 4.78 is 6.02. The molecular weight excluding hydrogens is 375 g/mol. The quantitative estimate of drug-likeness (QED) is 0.621. The molecule has 0 atom stereocenters. The van der Waals surface area contributed by atoms with Crippen LogP contribution in [0.15, 0.2) is 51.5 Å². The van der Waals surface area contributed by atoms with Crippen LogP contribution >= 0.6 is 39.1 Å². The first-order chi connectivity index (χ1) is 10.1. The summed E-state index contributed by atoms with van der Waals surface area (Å²) in [4.78, 5) is 0. The Kier molecular flexibility index (Phi) is 3.93. The molecule has 2 aromatic carbocycles. The SMILES string of the molecule is Nc1onc(-c2ccc(Br)cc2Cl)c1-c1ccccc1Cl. The van der Waals surface area contributed by atoms with Crippen molar-refractivity contribution in [2.24, 2.45) is 0 Å². The summed E-state index contributed by atoms with van der Waals surface area (Å²) in [5.41, 5.74) is 8.62. The lowest BCUT2D eigenvalue weighted by atomic mass is 10.0. The molecule has 0 saturated heterocycles. The Bertz CT molecular complexity index is 817. The van der Waals surface area contributed by atoms with E-state index in [9.17, 15) is 0 Å². The fourth-order valence-corrected chi connectivity index (χ4v) is 3.09. The lowest BCUT2D eigenvalue weighted by molar-refractivity contribution is 0.439. The highest BCUT2D eigenvalue weighted by Crippen LogP contribution is 2.41. The van der Waals surface area contributed by atoms with Crippen LogP contribution in [0, 0.1) is 0 Å². The second-order valence-corrected chi connectivity index (χ2v) is 6.10. The van der Waals surface area contributed by atoms with Gasteiger partial charge in [0.2, 0.25) is 5.88 Å². The molecule has 0 bridgehead atoms. The molecule has 0 aliphatic rings. The van der Waals surface area contributed by atoms with Gasteiger partial charge in [0.15, 0.2) is 0 Å². The molecule has 0 saturated carbocycles. The van der Waals surface area contributed by atoms with E-state index in [1.807, 2.05) is 30.3 Å². The molecule has 3 aromatic rings. The van der Waals surface area contributed by atoms with E-state index in [0.717, 1.165) is 15.6 Å². The number of anilines is 1. The number of nitrogens with zero attached hydrogens (tertiary/aromatic N) is 1. The Balaban J connectivity index is 2.25. The van der Waals surface area contributed by atoms with Crippen LogP contribution in [-0.4, -0.2) is 5.16 Å².